The molecule has 0 fully saturated rings. The number of hydrogen-bond donors (Lipinski definition) is 1. The summed E-state index contributed by atoms with van der Waals surface area (Å²) in [5, 5.41) is 16.8. The molecule has 0 aliphatic rings. The monoisotopic (exact) mass is 406 g/mol. The second-order valence-electron chi connectivity index (χ2n) is 6.48. The van der Waals surface area contributed by atoms with Gasteiger partial charge in [0.15, 0.2) is 11.7 Å². The van der Waals surface area contributed by atoms with E-state index in [9.17, 15) is 14.9 Å². The van der Waals surface area contributed by atoms with Crippen molar-refractivity contribution in [3.05, 3.63) is 82.6 Å². The van der Waals surface area contributed by atoms with Crippen LogP contribution >= 0.6 is 11.6 Å². The highest BCUT2D eigenvalue weighted by molar-refractivity contribution is 6.31. The third kappa shape index (κ3) is 4.89. The van der Waals surface area contributed by atoms with Crippen molar-refractivity contribution in [2.75, 3.05) is 5.32 Å². The molecule has 3 rings (SSSR count). The van der Waals surface area contributed by atoms with Crippen LogP contribution in [0, 0.1) is 17.2 Å². The summed E-state index contributed by atoms with van der Waals surface area (Å²) in [5.41, 5.74) is 2.71. The average Bonchev–Trinajstić information content (AvgIpc) is 3.19. The molecule has 146 valence electrons. The van der Waals surface area contributed by atoms with Crippen molar-refractivity contribution in [3.8, 4) is 6.07 Å². The molecular weight excluding hydrogens is 388 g/mol. The van der Waals surface area contributed by atoms with Crippen molar-refractivity contribution in [1.29, 1.82) is 5.26 Å². The summed E-state index contributed by atoms with van der Waals surface area (Å²) in [6, 6.07) is 16.4. The largest absolute Gasteiger partial charge is 0.325 e. The number of aromatic nitrogens is 2. The van der Waals surface area contributed by atoms with Gasteiger partial charge in [0.2, 0.25) is 5.91 Å². The molecule has 0 bridgehead atoms. The molecule has 2 aromatic carbocycles. The number of ketones is 1. The fourth-order valence-corrected chi connectivity index (χ4v) is 3.02. The first-order valence-electron chi connectivity index (χ1n) is 9.11. The summed E-state index contributed by atoms with van der Waals surface area (Å²) >= 11 is 6.15. The SMILES string of the molecule is CCc1ccc(NC(=O)C(C#N)C(=O)c2cnn(Cc3ccccc3Cl)c2)cc1. The van der Waals surface area contributed by atoms with Gasteiger partial charge in [0, 0.05) is 16.9 Å². The van der Waals surface area contributed by atoms with Gasteiger partial charge in [-0.25, -0.2) is 0 Å². The number of nitrogens with one attached hydrogen (secondary N) is 1. The number of aryl methyl sites for hydroxylation is 1. The number of nitriles is 1. The van der Waals surface area contributed by atoms with E-state index in [1.807, 2.05) is 37.3 Å². The number of carbonyl (C=O) groups excluding carboxylic acids is 2. The van der Waals surface area contributed by atoms with Crippen LogP contribution < -0.4 is 5.32 Å². The Morgan fingerprint density at radius 1 is 1.21 bits per heavy atom. The summed E-state index contributed by atoms with van der Waals surface area (Å²) in [5.74, 6) is -2.72. The zero-order valence-electron chi connectivity index (χ0n) is 15.8. The lowest BCUT2D eigenvalue weighted by atomic mass is 10.0. The number of Topliss-reactive ketones (excluding diaryl/α,β-unsaturated/α-hetero) is 1. The van der Waals surface area contributed by atoms with Crippen LogP contribution in [-0.2, 0) is 17.8 Å². The molecule has 1 unspecified atom stereocenters. The fraction of sp³-hybridized carbons (Fsp3) is 0.182. The van der Waals surface area contributed by atoms with Crippen molar-refractivity contribution in [1.82, 2.24) is 9.78 Å². The summed E-state index contributed by atoms with van der Waals surface area (Å²) in [6.07, 6.45) is 3.75. The van der Waals surface area contributed by atoms with Crippen LogP contribution in [-0.4, -0.2) is 21.5 Å². The molecule has 29 heavy (non-hydrogen) atoms. The Morgan fingerprint density at radius 2 is 1.93 bits per heavy atom. The van der Waals surface area contributed by atoms with Crippen LogP contribution in [0.4, 0.5) is 5.69 Å². The van der Waals surface area contributed by atoms with Crippen molar-refractivity contribution < 1.29 is 9.59 Å². The van der Waals surface area contributed by atoms with Crippen LogP contribution in [0.1, 0.15) is 28.4 Å². The number of carbonyl (C=O) groups is 2. The van der Waals surface area contributed by atoms with Crippen LogP contribution in [0.25, 0.3) is 0 Å². The minimum atomic E-state index is -1.46. The lowest BCUT2D eigenvalue weighted by Gasteiger charge is -2.09. The smallest absolute Gasteiger partial charge is 0.249 e. The Hall–Kier alpha value is -3.43. The van der Waals surface area contributed by atoms with Gasteiger partial charge in [-0.2, -0.15) is 10.4 Å². The van der Waals surface area contributed by atoms with Crippen LogP contribution in [0.3, 0.4) is 0 Å². The van der Waals surface area contributed by atoms with Crippen LogP contribution in [0.5, 0.6) is 0 Å². The van der Waals surface area contributed by atoms with Gasteiger partial charge in [-0.15, -0.1) is 0 Å². The minimum Gasteiger partial charge on any atom is -0.325 e. The van der Waals surface area contributed by atoms with E-state index in [0.717, 1.165) is 17.5 Å². The predicted octanol–water partition coefficient (Wildman–Crippen LogP) is 4.11. The zero-order chi connectivity index (χ0) is 20.8. The van der Waals surface area contributed by atoms with E-state index in [1.165, 1.54) is 12.4 Å². The summed E-state index contributed by atoms with van der Waals surface area (Å²) in [6.45, 7) is 2.41. The number of halogens is 1. The van der Waals surface area contributed by atoms with E-state index in [-0.39, 0.29) is 5.56 Å². The van der Waals surface area contributed by atoms with Crippen LogP contribution in [0.2, 0.25) is 5.02 Å². The average molecular weight is 407 g/mol. The van der Waals surface area contributed by atoms with Crippen LogP contribution in [0.15, 0.2) is 60.9 Å². The molecule has 0 saturated carbocycles. The minimum absolute atomic E-state index is 0.195. The lowest BCUT2D eigenvalue weighted by Crippen LogP contribution is -2.28. The molecule has 0 radical (unpaired) electrons. The maximum atomic E-state index is 12.7. The predicted molar refractivity (Wildman–Crippen MR) is 111 cm³/mol. The Bertz CT molecular complexity index is 1070. The molecule has 1 N–H and O–H groups in total. The second-order valence-corrected chi connectivity index (χ2v) is 6.89. The van der Waals surface area contributed by atoms with Gasteiger partial charge in [0.25, 0.3) is 0 Å². The molecule has 6 nitrogen and oxygen atoms in total. The van der Waals surface area contributed by atoms with Crippen molar-refractivity contribution in [3.63, 3.8) is 0 Å². The van der Waals surface area contributed by atoms with E-state index < -0.39 is 17.6 Å². The third-order valence-corrected chi connectivity index (χ3v) is 4.86. The maximum absolute atomic E-state index is 12.7. The second kappa shape index (κ2) is 9.18. The molecule has 0 aliphatic heterocycles. The molecule has 1 aromatic heterocycles. The fourth-order valence-electron chi connectivity index (χ4n) is 2.82. The Morgan fingerprint density at radius 3 is 2.59 bits per heavy atom. The topological polar surface area (TPSA) is 87.8 Å². The molecular formula is C22H19ClN4O2. The number of nitrogens with zero attached hydrogens (tertiary/aromatic N) is 3. The molecule has 3 aromatic rings. The summed E-state index contributed by atoms with van der Waals surface area (Å²) in [7, 11) is 0. The quantitative estimate of drug-likeness (QED) is 0.472. The highest BCUT2D eigenvalue weighted by Crippen LogP contribution is 2.17. The normalized spacial score (nSPS) is 11.5. The van der Waals surface area contributed by atoms with Crippen molar-refractivity contribution in [2.24, 2.45) is 5.92 Å². The number of hydrogen-bond acceptors (Lipinski definition) is 4. The molecule has 1 heterocycles. The first-order chi connectivity index (χ1) is 14.0. The molecule has 0 spiro atoms. The van der Waals surface area contributed by atoms with Gasteiger partial charge >= 0.3 is 0 Å². The number of anilines is 1. The summed E-state index contributed by atoms with van der Waals surface area (Å²) in [4.78, 5) is 25.1. The Balaban J connectivity index is 1.70. The van der Waals surface area contributed by atoms with Gasteiger partial charge in [-0.3, -0.25) is 14.3 Å². The van der Waals surface area contributed by atoms with E-state index >= 15 is 0 Å². The number of rotatable bonds is 7. The molecule has 0 saturated heterocycles. The zero-order valence-corrected chi connectivity index (χ0v) is 16.6. The van der Waals surface area contributed by atoms with Gasteiger partial charge in [0.05, 0.1) is 24.4 Å². The van der Waals surface area contributed by atoms with Crippen molar-refractivity contribution in [2.45, 2.75) is 19.9 Å². The Kier molecular flexibility index (Phi) is 6.43. The van der Waals surface area contributed by atoms with E-state index in [4.69, 9.17) is 11.6 Å². The lowest BCUT2D eigenvalue weighted by molar-refractivity contribution is -0.117. The first kappa shape index (κ1) is 20.3. The molecule has 1 amide bonds. The first-order valence-corrected chi connectivity index (χ1v) is 9.49. The summed E-state index contributed by atoms with van der Waals surface area (Å²) < 4.78 is 1.55. The van der Waals surface area contributed by atoms with Gasteiger partial charge < -0.3 is 5.32 Å². The van der Waals surface area contributed by atoms with Crippen molar-refractivity contribution >= 4 is 29.0 Å². The molecule has 0 aliphatic carbocycles. The van der Waals surface area contributed by atoms with E-state index in [2.05, 4.69) is 10.4 Å². The van der Waals surface area contributed by atoms with Gasteiger partial charge in [-0.05, 0) is 35.7 Å². The number of amides is 1. The number of benzene rings is 2. The van der Waals surface area contributed by atoms with Gasteiger partial charge in [-0.1, -0.05) is 48.9 Å². The van der Waals surface area contributed by atoms with E-state index in [1.54, 1.807) is 29.0 Å². The molecule has 7 heteroatoms. The highest BCUT2D eigenvalue weighted by Gasteiger charge is 2.28. The molecule has 1 atom stereocenters. The standard InChI is InChI=1S/C22H19ClN4O2/c1-2-15-7-9-18(10-8-15)26-22(29)19(11-24)21(28)17-12-25-27(14-17)13-16-5-3-4-6-20(16)23/h3-10,12,14,19H,2,13H2,1H3,(H,26,29). The van der Waals surface area contributed by atoms with Gasteiger partial charge in [0.1, 0.15) is 0 Å². The maximum Gasteiger partial charge on any atom is 0.249 e. The third-order valence-electron chi connectivity index (χ3n) is 4.49. The van der Waals surface area contributed by atoms with E-state index in [0.29, 0.717) is 17.3 Å². The Labute approximate surface area is 173 Å². The highest BCUT2D eigenvalue weighted by atomic mass is 35.5.